The smallest absolute Gasteiger partial charge is 0.254 e. The molecule has 0 radical (unpaired) electrons. The van der Waals surface area contributed by atoms with Gasteiger partial charge in [0.25, 0.3) is 5.91 Å². The number of aliphatic hydroxyl groups is 4. The second kappa shape index (κ2) is 11.6. The van der Waals surface area contributed by atoms with E-state index in [9.17, 15) is 35.1 Å². The summed E-state index contributed by atoms with van der Waals surface area (Å²) in [5.41, 5.74) is 3.30. The summed E-state index contributed by atoms with van der Waals surface area (Å²) in [5.74, 6) is -0.0210. The molecule has 2 fully saturated rings. The van der Waals surface area contributed by atoms with Crippen molar-refractivity contribution < 1.29 is 49.3 Å². The van der Waals surface area contributed by atoms with Crippen molar-refractivity contribution >= 4 is 22.5 Å². The summed E-state index contributed by atoms with van der Waals surface area (Å²) in [6.45, 7) is -0.551. The summed E-state index contributed by atoms with van der Waals surface area (Å²) in [6.07, 6.45) is -3.13. The molecule has 4 aliphatic rings. The van der Waals surface area contributed by atoms with E-state index in [1.165, 1.54) is 18.1 Å². The number of ketones is 1. The third-order valence-electron chi connectivity index (χ3n) is 10.1. The molecule has 1 saturated heterocycles. The molecule has 2 aliphatic heterocycles. The normalized spacial score (nSPS) is 29.0. The minimum Gasteiger partial charge on any atom is -0.506 e. The summed E-state index contributed by atoms with van der Waals surface area (Å²) in [4.78, 5) is 29.0. The Labute approximate surface area is 259 Å². The predicted octanol–water partition coefficient (Wildman–Crippen LogP) is 2.40. The van der Waals surface area contributed by atoms with E-state index >= 15 is 0 Å². The van der Waals surface area contributed by atoms with E-state index < -0.39 is 37.3 Å². The highest BCUT2D eigenvalue weighted by atomic mass is 16.7. The molecule has 1 amide bonds. The van der Waals surface area contributed by atoms with Crippen LogP contribution in [0.2, 0.25) is 0 Å². The molecule has 2 aliphatic carbocycles. The maximum absolute atomic E-state index is 14.3. The maximum atomic E-state index is 14.3. The van der Waals surface area contributed by atoms with Gasteiger partial charge in [-0.3, -0.25) is 9.59 Å². The summed E-state index contributed by atoms with van der Waals surface area (Å²) in [5, 5.41) is 54.0. The van der Waals surface area contributed by atoms with Crippen LogP contribution in [0.5, 0.6) is 17.2 Å². The fourth-order valence-corrected chi connectivity index (χ4v) is 7.87. The number of aryl methyl sites for hydroxylation is 1. The van der Waals surface area contributed by atoms with Gasteiger partial charge in [0, 0.05) is 18.2 Å². The number of hydrogen-bond acceptors (Lipinski definition) is 10. The van der Waals surface area contributed by atoms with E-state index in [0.717, 1.165) is 42.4 Å². The largest absolute Gasteiger partial charge is 0.506 e. The van der Waals surface area contributed by atoms with Crippen LogP contribution in [0.1, 0.15) is 69.0 Å². The molecule has 3 aromatic rings. The average molecular weight is 620 g/mol. The summed E-state index contributed by atoms with van der Waals surface area (Å²) in [7, 11) is 1.49. The Balaban J connectivity index is 1.36. The standard InChI is InChI=1S/C34H37NO10/c1-43-18-11-22-21-10-9-16-6-4-8-19(16)26(21)28(23(37)14-35-13-17-5-2-3-7-20(17)33(35)42)30(39)27(22)24(12-18)44-34-32(41)31(40)29(38)25(15-36)45-34/h2-3,5,7,11-12,16,19,25,29,31-32,34,36,38-41H,4,6,8-10,13-15H2,1H3/t16-,19+,25+,29+,31-,32+,34-/m0/s1. The molecule has 0 spiro atoms. The second-order valence-corrected chi connectivity index (χ2v) is 12.6. The number of phenols is 1. The van der Waals surface area contributed by atoms with Crippen molar-refractivity contribution in [3.63, 3.8) is 0 Å². The van der Waals surface area contributed by atoms with Gasteiger partial charge < -0.3 is 44.6 Å². The van der Waals surface area contributed by atoms with E-state index in [1.807, 2.05) is 12.1 Å². The molecule has 45 heavy (non-hydrogen) atoms. The minimum atomic E-state index is -1.69. The lowest BCUT2D eigenvalue weighted by atomic mass is 9.72. The van der Waals surface area contributed by atoms with Crippen molar-refractivity contribution in [2.45, 2.75) is 75.3 Å². The number of benzene rings is 3. The molecule has 7 atom stereocenters. The zero-order valence-corrected chi connectivity index (χ0v) is 24.9. The molecule has 1 saturated carbocycles. The number of carbonyl (C=O) groups excluding carboxylic acids is 2. The number of Topliss-reactive ketones (excluding diaryl/α,β-unsaturated/α-hetero) is 1. The third-order valence-corrected chi connectivity index (χ3v) is 10.1. The first-order chi connectivity index (χ1) is 21.7. The SMILES string of the molecule is COc1cc(O[C@H]2O[C@H](CO)[C@@H](O)[C@H](O)[C@H]2O)c2c(O)c(C(=O)CN3Cc4ccccc4C3=O)c3c(c2c1)CC[C@@H]1CCC[C@@H]31. The van der Waals surface area contributed by atoms with Crippen LogP contribution < -0.4 is 9.47 Å². The van der Waals surface area contributed by atoms with Crippen LogP contribution >= 0.6 is 0 Å². The minimum absolute atomic E-state index is 0.0289. The van der Waals surface area contributed by atoms with Crippen LogP contribution in [0.25, 0.3) is 10.8 Å². The Morgan fingerprint density at radius 1 is 1.07 bits per heavy atom. The highest BCUT2D eigenvalue weighted by Crippen LogP contribution is 2.54. The van der Waals surface area contributed by atoms with E-state index in [2.05, 4.69) is 0 Å². The van der Waals surface area contributed by atoms with Crippen LogP contribution in [0.3, 0.4) is 0 Å². The van der Waals surface area contributed by atoms with E-state index in [0.29, 0.717) is 35.6 Å². The quantitative estimate of drug-likeness (QED) is 0.248. The first-order valence-corrected chi connectivity index (χ1v) is 15.5. The zero-order chi connectivity index (χ0) is 31.6. The molecule has 7 rings (SSSR count). The van der Waals surface area contributed by atoms with Crippen LogP contribution in [-0.4, -0.2) is 93.1 Å². The Kier molecular flexibility index (Phi) is 7.69. The van der Waals surface area contributed by atoms with Gasteiger partial charge in [0.05, 0.1) is 31.2 Å². The third kappa shape index (κ3) is 4.85. The maximum Gasteiger partial charge on any atom is 0.254 e. The van der Waals surface area contributed by atoms with Crippen molar-refractivity contribution in [2.24, 2.45) is 5.92 Å². The molecule has 0 unspecified atom stereocenters. The van der Waals surface area contributed by atoms with Gasteiger partial charge in [-0.05, 0) is 71.7 Å². The van der Waals surface area contributed by atoms with Gasteiger partial charge in [-0.2, -0.15) is 0 Å². The van der Waals surface area contributed by atoms with Crippen molar-refractivity contribution in [3.05, 3.63) is 64.2 Å². The fraction of sp³-hybridized carbons (Fsp3) is 0.471. The Hall–Kier alpha value is -3.74. The highest BCUT2D eigenvalue weighted by molar-refractivity contribution is 6.12. The predicted molar refractivity (Wildman–Crippen MR) is 160 cm³/mol. The van der Waals surface area contributed by atoms with Crippen molar-refractivity contribution in [2.75, 3.05) is 20.3 Å². The summed E-state index contributed by atoms with van der Waals surface area (Å²) < 4.78 is 17.3. The number of aliphatic hydroxyl groups excluding tert-OH is 4. The topological polar surface area (TPSA) is 166 Å². The average Bonchev–Trinajstić information content (AvgIpc) is 3.65. The number of methoxy groups -OCH3 is 1. The van der Waals surface area contributed by atoms with Crippen molar-refractivity contribution in [3.8, 4) is 17.2 Å². The molecular formula is C34H37NO10. The number of aromatic hydroxyl groups is 1. The molecular weight excluding hydrogens is 582 g/mol. The molecule has 3 aromatic carbocycles. The van der Waals surface area contributed by atoms with Gasteiger partial charge in [0.2, 0.25) is 6.29 Å². The summed E-state index contributed by atoms with van der Waals surface area (Å²) in [6, 6.07) is 10.5. The molecule has 2 heterocycles. The fourth-order valence-electron chi connectivity index (χ4n) is 7.87. The Morgan fingerprint density at radius 3 is 2.62 bits per heavy atom. The first-order valence-electron chi connectivity index (χ1n) is 15.5. The van der Waals surface area contributed by atoms with E-state index in [1.54, 1.807) is 18.2 Å². The second-order valence-electron chi connectivity index (χ2n) is 12.6. The molecule has 0 bridgehead atoms. The van der Waals surface area contributed by atoms with Gasteiger partial charge in [0.15, 0.2) is 5.78 Å². The highest BCUT2D eigenvalue weighted by Gasteiger charge is 2.46. The van der Waals surface area contributed by atoms with Gasteiger partial charge in [-0.1, -0.05) is 24.6 Å². The number of fused-ring (bicyclic) bond motifs is 6. The lowest BCUT2D eigenvalue weighted by molar-refractivity contribution is -0.277. The molecule has 11 nitrogen and oxygen atoms in total. The number of amides is 1. The molecule has 11 heteroatoms. The lowest BCUT2D eigenvalue weighted by Crippen LogP contribution is -2.60. The Morgan fingerprint density at radius 2 is 1.87 bits per heavy atom. The number of carbonyl (C=O) groups is 2. The number of ether oxygens (including phenoxy) is 3. The molecule has 5 N–H and O–H groups in total. The van der Waals surface area contributed by atoms with Crippen LogP contribution in [-0.2, 0) is 17.7 Å². The number of nitrogens with zero attached hydrogens (tertiary/aromatic N) is 1. The van der Waals surface area contributed by atoms with Gasteiger partial charge in [-0.25, -0.2) is 0 Å². The summed E-state index contributed by atoms with van der Waals surface area (Å²) >= 11 is 0. The number of hydrogen-bond donors (Lipinski definition) is 5. The number of rotatable bonds is 7. The first kappa shape index (κ1) is 29.9. The zero-order valence-electron chi connectivity index (χ0n) is 24.9. The Bertz CT molecular complexity index is 1670. The van der Waals surface area contributed by atoms with Gasteiger partial charge in [-0.15, -0.1) is 0 Å². The van der Waals surface area contributed by atoms with Gasteiger partial charge >= 0.3 is 0 Å². The van der Waals surface area contributed by atoms with Crippen LogP contribution in [0, 0.1) is 5.92 Å². The monoisotopic (exact) mass is 619 g/mol. The molecule has 238 valence electrons. The van der Waals surface area contributed by atoms with E-state index in [-0.39, 0.29) is 46.6 Å². The molecule has 0 aromatic heterocycles. The van der Waals surface area contributed by atoms with Crippen molar-refractivity contribution in [1.29, 1.82) is 0 Å². The van der Waals surface area contributed by atoms with Crippen LogP contribution in [0.15, 0.2) is 36.4 Å². The lowest BCUT2D eigenvalue weighted by Gasteiger charge is -2.39. The number of phenolic OH excluding ortho intramolecular Hbond substituents is 1. The van der Waals surface area contributed by atoms with E-state index in [4.69, 9.17) is 14.2 Å². The van der Waals surface area contributed by atoms with Crippen LogP contribution in [0.4, 0.5) is 0 Å². The van der Waals surface area contributed by atoms with Crippen molar-refractivity contribution in [1.82, 2.24) is 4.90 Å². The van der Waals surface area contributed by atoms with Gasteiger partial charge in [0.1, 0.15) is 41.7 Å².